The van der Waals surface area contributed by atoms with Gasteiger partial charge in [-0.3, -0.25) is 0 Å². The lowest BCUT2D eigenvalue weighted by atomic mass is 10.3. The minimum absolute atomic E-state index is 0.0991. The number of nitrogens with zero attached hydrogens (tertiary/aromatic N) is 3. The molecule has 2 aromatic rings. The molecule has 0 aliphatic carbocycles. The van der Waals surface area contributed by atoms with Crippen molar-refractivity contribution in [3.05, 3.63) is 34.9 Å². The summed E-state index contributed by atoms with van der Waals surface area (Å²) in [4.78, 5) is 22.8. The van der Waals surface area contributed by atoms with Crippen LogP contribution in [-0.4, -0.2) is 55.5 Å². The molecule has 0 bridgehead atoms. The summed E-state index contributed by atoms with van der Waals surface area (Å²) in [7, 11) is -3.69. The number of hydrogen-bond donors (Lipinski definition) is 5. The number of anilines is 4. The normalized spacial score (nSPS) is 13.8. The number of urea groups is 1. The Bertz CT molecular complexity index is 1010. The molecule has 1 saturated heterocycles. The molecule has 2 amide bonds. The van der Waals surface area contributed by atoms with Gasteiger partial charge in [0.1, 0.15) is 5.82 Å². The van der Waals surface area contributed by atoms with E-state index >= 15 is 0 Å². The van der Waals surface area contributed by atoms with Crippen LogP contribution in [0.25, 0.3) is 0 Å². The lowest BCUT2D eigenvalue weighted by Crippen LogP contribution is -2.32. The van der Waals surface area contributed by atoms with Crippen LogP contribution in [0.4, 0.5) is 27.9 Å². The highest BCUT2D eigenvalue weighted by molar-refractivity contribution is 9.10. The summed E-state index contributed by atoms with van der Waals surface area (Å²) in [6.45, 7) is 2.26. The molecular weight excluding hydrogens is 488 g/mol. The number of rotatable bonds is 9. The third kappa shape index (κ3) is 7.61. The predicted molar refractivity (Wildman–Crippen MR) is 123 cm³/mol. The summed E-state index contributed by atoms with van der Waals surface area (Å²) >= 11 is 3.39. The number of likely N-dealkylation sites (tertiary alicyclic amines) is 1. The van der Waals surface area contributed by atoms with Crippen molar-refractivity contribution in [1.29, 1.82) is 0 Å². The summed E-state index contributed by atoms with van der Waals surface area (Å²) in [6.07, 6.45) is 4.21. The van der Waals surface area contributed by atoms with Gasteiger partial charge in [0, 0.05) is 43.8 Å². The van der Waals surface area contributed by atoms with Gasteiger partial charge in [0.05, 0.1) is 4.47 Å². The molecule has 0 atom stereocenters. The van der Waals surface area contributed by atoms with Gasteiger partial charge < -0.3 is 20.9 Å². The fraction of sp³-hybridized carbons (Fsp3) is 0.389. The second kappa shape index (κ2) is 10.7. The topological polar surface area (TPSA) is 154 Å². The van der Waals surface area contributed by atoms with Gasteiger partial charge in [0.2, 0.25) is 5.95 Å². The monoisotopic (exact) mass is 512 g/mol. The van der Waals surface area contributed by atoms with Crippen LogP contribution >= 0.6 is 15.9 Å². The van der Waals surface area contributed by atoms with Gasteiger partial charge in [0.15, 0.2) is 0 Å². The average molecular weight is 513 g/mol. The first-order chi connectivity index (χ1) is 14.8. The number of benzene rings is 1. The molecule has 1 aliphatic heterocycles. The van der Waals surface area contributed by atoms with Crippen molar-refractivity contribution < 1.29 is 13.2 Å². The van der Waals surface area contributed by atoms with Gasteiger partial charge in [-0.2, -0.15) is 13.4 Å². The number of halogens is 1. The number of carbonyl (C=O) groups excluding carboxylic acids is 1. The maximum absolute atomic E-state index is 12.3. The Labute approximate surface area is 189 Å². The van der Waals surface area contributed by atoms with Crippen LogP contribution < -0.4 is 25.8 Å². The van der Waals surface area contributed by atoms with Crippen molar-refractivity contribution >= 4 is 55.3 Å². The zero-order chi connectivity index (χ0) is 22.3. The molecule has 0 unspecified atom stereocenters. The number of nitrogens with one attached hydrogen (secondary N) is 4. The molecule has 1 aromatic carbocycles. The van der Waals surface area contributed by atoms with E-state index in [1.807, 2.05) is 24.3 Å². The Morgan fingerprint density at radius 2 is 1.94 bits per heavy atom. The minimum atomic E-state index is -3.69. The lowest BCUT2D eigenvalue weighted by Gasteiger charge is -2.16. The zero-order valence-corrected chi connectivity index (χ0v) is 19.2. The second-order valence-corrected chi connectivity index (χ2v) is 9.17. The number of amides is 2. The van der Waals surface area contributed by atoms with E-state index < -0.39 is 10.2 Å². The third-order valence-electron chi connectivity index (χ3n) is 4.46. The summed E-state index contributed by atoms with van der Waals surface area (Å²) in [5, 5.41) is 14.0. The molecule has 1 aliphatic rings. The van der Waals surface area contributed by atoms with Gasteiger partial charge in [-0.1, -0.05) is 6.07 Å². The molecule has 0 radical (unpaired) electrons. The van der Waals surface area contributed by atoms with Crippen molar-refractivity contribution in [2.24, 2.45) is 5.14 Å². The maximum atomic E-state index is 12.3. The molecule has 3 rings (SSSR count). The summed E-state index contributed by atoms with van der Waals surface area (Å²) in [6, 6.07) is 7.22. The van der Waals surface area contributed by atoms with Crippen LogP contribution in [0.1, 0.15) is 19.3 Å². The zero-order valence-electron chi connectivity index (χ0n) is 16.8. The molecule has 6 N–H and O–H groups in total. The lowest BCUT2D eigenvalue weighted by molar-refractivity contribution is 0.222. The predicted octanol–water partition coefficient (Wildman–Crippen LogP) is 2.21. The van der Waals surface area contributed by atoms with Gasteiger partial charge in [0.25, 0.3) is 10.2 Å². The van der Waals surface area contributed by atoms with E-state index in [1.165, 1.54) is 0 Å². The third-order valence-corrected chi connectivity index (χ3v) is 5.64. The quantitative estimate of drug-likeness (QED) is 0.322. The van der Waals surface area contributed by atoms with Crippen LogP contribution in [0.3, 0.4) is 0 Å². The molecule has 168 valence electrons. The van der Waals surface area contributed by atoms with E-state index in [0.29, 0.717) is 34.9 Å². The Balaban J connectivity index is 1.57. The van der Waals surface area contributed by atoms with E-state index in [9.17, 15) is 13.2 Å². The molecule has 1 fully saturated rings. The summed E-state index contributed by atoms with van der Waals surface area (Å²) in [5.74, 6) is 0.933. The Morgan fingerprint density at radius 3 is 2.68 bits per heavy atom. The molecule has 31 heavy (non-hydrogen) atoms. The van der Waals surface area contributed by atoms with E-state index in [-0.39, 0.29) is 12.6 Å². The minimum Gasteiger partial charge on any atom is -0.369 e. The van der Waals surface area contributed by atoms with Crippen molar-refractivity contribution in [3.8, 4) is 0 Å². The molecule has 11 nitrogen and oxygen atoms in total. The number of aromatic nitrogens is 2. The highest BCUT2D eigenvalue weighted by Crippen LogP contribution is 2.23. The molecule has 0 saturated carbocycles. The maximum Gasteiger partial charge on any atom is 0.321 e. The van der Waals surface area contributed by atoms with E-state index in [0.717, 1.165) is 31.6 Å². The van der Waals surface area contributed by atoms with Crippen LogP contribution in [0, 0.1) is 0 Å². The van der Waals surface area contributed by atoms with Crippen LogP contribution in [0.2, 0.25) is 0 Å². The van der Waals surface area contributed by atoms with Gasteiger partial charge in [-0.05, 0) is 53.4 Å². The standard InChI is InChI=1S/C18H25BrN8O3S/c19-15-12-22-17(26-16(15)21-7-4-8-23-31(20,29)30)24-13-5-3-6-14(11-13)25-18(28)27-9-1-2-10-27/h3,5-6,11-12,23H,1-2,4,7-10H2,(H,25,28)(H2,20,29,30)(H2,21,22,24,26). The van der Waals surface area contributed by atoms with Crippen LogP contribution in [-0.2, 0) is 10.2 Å². The highest BCUT2D eigenvalue weighted by Gasteiger charge is 2.17. The van der Waals surface area contributed by atoms with Crippen molar-refractivity contribution in [1.82, 2.24) is 19.6 Å². The van der Waals surface area contributed by atoms with Gasteiger partial charge in [-0.15, -0.1) is 0 Å². The molecular formula is C18H25BrN8O3S. The summed E-state index contributed by atoms with van der Waals surface area (Å²) < 4.78 is 24.6. The number of hydrogen-bond acceptors (Lipinski definition) is 7. The smallest absolute Gasteiger partial charge is 0.321 e. The Morgan fingerprint density at radius 1 is 1.19 bits per heavy atom. The van der Waals surface area contributed by atoms with Crippen LogP contribution in [0.5, 0.6) is 0 Å². The number of nitrogens with two attached hydrogens (primary N) is 1. The fourth-order valence-electron chi connectivity index (χ4n) is 2.99. The number of carbonyl (C=O) groups is 1. The van der Waals surface area contributed by atoms with Crippen LogP contribution in [0.15, 0.2) is 34.9 Å². The average Bonchev–Trinajstić information content (AvgIpc) is 3.24. The van der Waals surface area contributed by atoms with Crippen molar-refractivity contribution in [2.75, 3.05) is 42.1 Å². The largest absolute Gasteiger partial charge is 0.369 e. The second-order valence-electron chi connectivity index (χ2n) is 6.94. The molecule has 1 aromatic heterocycles. The molecule has 2 heterocycles. The van der Waals surface area contributed by atoms with E-state index in [1.54, 1.807) is 11.1 Å². The van der Waals surface area contributed by atoms with Crippen molar-refractivity contribution in [2.45, 2.75) is 19.3 Å². The SMILES string of the molecule is NS(=O)(=O)NCCCNc1nc(Nc2cccc(NC(=O)N3CCCC3)c2)ncc1Br. The van der Waals surface area contributed by atoms with Crippen molar-refractivity contribution in [3.63, 3.8) is 0 Å². The van der Waals surface area contributed by atoms with E-state index in [4.69, 9.17) is 5.14 Å². The Hall–Kier alpha value is -2.48. The van der Waals surface area contributed by atoms with Gasteiger partial charge in [-0.25, -0.2) is 19.6 Å². The Kier molecular flexibility index (Phi) is 8.01. The van der Waals surface area contributed by atoms with Gasteiger partial charge >= 0.3 is 6.03 Å². The first kappa shape index (κ1) is 23.2. The highest BCUT2D eigenvalue weighted by atomic mass is 79.9. The molecule has 13 heteroatoms. The fourth-order valence-corrected chi connectivity index (χ4v) is 3.75. The molecule has 0 spiro atoms. The first-order valence-corrected chi connectivity index (χ1v) is 12.1. The van der Waals surface area contributed by atoms with E-state index in [2.05, 4.69) is 46.6 Å². The first-order valence-electron chi connectivity index (χ1n) is 9.77. The summed E-state index contributed by atoms with van der Waals surface area (Å²) in [5.41, 5.74) is 1.41.